The zero-order valence-corrected chi connectivity index (χ0v) is 14.0. The third kappa shape index (κ3) is 5.80. The number of halogens is 3. The van der Waals surface area contributed by atoms with Crippen LogP contribution in [-0.2, 0) is 0 Å². The van der Waals surface area contributed by atoms with Crippen molar-refractivity contribution in [1.82, 2.24) is 15.0 Å². The fourth-order valence-electron chi connectivity index (χ4n) is 1.76. The fourth-order valence-corrected chi connectivity index (χ4v) is 1.76. The van der Waals surface area contributed by atoms with Crippen LogP contribution in [0.5, 0.6) is 6.01 Å². The van der Waals surface area contributed by atoms with Gasteiger partial charge in [-0.05, 0) is 13.0 Å². The van der Waals surface area contributed by atoms with E-state index in [1.54, 1.807) is 0 Å². The molecule has 144 valence electrons. The van der Waals surface area contributed by atoms with Gasteiger partial charge in [0, 0.05) is 24.4 Å². The first kappa shape index (κ1) is 19.9. The van der Waals surface area contributed by atoms with Gasteiger partial charge in [-0.2, -0.15) is 28.1 Å². The van der Waals surface area contributed by atoms with Crippen LogP contribution in [0.4, 0.5) is 36.4 Å². The van der Waals surface area contributed by atoms with Crippen LogP contribution in [0.2, 0.25) is 0 Å². The van der Waals surface area contributed by atoms with Crippen LogP contribution >= 0.6 is 0 Å². The number of alkyl halides is 3. The van der Waals surface area contributed by atoms with Crippen molar-refractivity contribution in [1.29, 1.82) is 0 Å². The third-order valence-corrected chi connectivity index (χ3v) is 3.08. The Labute approximate surface area is 151 Å². The Morgan fingerprint density at radius 2 is 2.04 bits per heavy atom. The molecule has 0 aliphatic carbocycles. The van der Waals surface area contributed by atoms with Gasteiger partial charge in [-0.1, -0.05) is 12.1 Å². The molecule has 1 unspecified atom stereocenters. The summed E-state index contributed by atoms with van der Waals surface area (Å²) in [6.45, 7) is 4.56. The number of aromatic nitrogens is 3. The topological polar surface area (TPSA) is 115 Å². The van der Waals surface area contributed by atoms with Gasteiger partial charge in [-0.25, -0.2) is 0 Å². The summed E-state index contributed by atoms with van der Waals surface area (Å²) in [5.41, 5.74) is 0.0844. The van der Waals surface area contributed by atoms with Crippen LogP contribution in [0.25, 0.3) is 0 Å². The van der Waals surface area contributed by atoms with E-state index in [1.165, 1.54) is 30.3 Å². The highest BCUT2D eigenvalue weighted by molar-refractivity contribution is 5.58. The molecule has 9 nitrogen and oxygen atoms in total. The predicted octanol–water partition coefficient (Wildman–Crippen LogP) is 3.45. The molecule has 2 rings (SSSR count). The van der Waals surface area contributed by atoms with Gasteiger partial charge in [0.15, 0.2) is 6.10 Å². The van der Waals surface area contributed by atoms with Crippen molar-refractivity contribution >= 4 is 23.3 Å². The molecule has 0 bridgehead atoms. The summed E-state index contributed by atoms with van der Waals surface area (Å²) < 4.78 is 42.8. The van der Waals surface area contributed by atoms with E-state index in [2.05, 4.69) is 32.2 Å². The van der Waals surface area contributed by atoms with Gasteiger partial charge < -0.3 is 15.4 Å². The molecule has 1 atom stereocenters. The summed E-state index contributed by atoms with van der Waals surface area (Å²) in [5.74, 6) is -0.205. The molecule has 1 aromatic carbocycles. The first-order chi connectivity index (χ1) is 12.7. The Balaban J connectivity index is 2.31. The summed E-state index contributed by atoms with van der Waals surface area (Å²) in [6.07, 6.45) is -5.25. The molecule has 2 aromatic rings. The summed E-state index contributed by atoms with van der Waals surface area (Å²) in [6, 6.07) is 4.89. The Hall–Kier alpha value is -3.44. The number of nitrogens with one attached hydrogen (secondary N) is 2. The highest BCUT2D eigenvalue weighted by Crippen LogP contribution is 2.25. The van der Waals surface area contributed by atoms with E-state index in [1.807, 2.05) is 0 Å². The van der Waals surface area contributed by atoms with Crippen LogP contribution in [-0.4, -0.2) is 38.7 Å². The van der Waals surface area contributed by atoms with E-state index in [4.69, 9.17) is 4.74 Å². The minimum absolute atomic E-state index is 0.0535. The van der Waals surface area contributed by atoms with Crippen molar-refractivity contribution in [3.63, 3.8) is 0 Å². The molecule has 1 heterocycles. The maximum Gasteiger partial charge on any atom is 0.425 e. The van der Waals surface area contributed by atoms with E-state index >= 15 is 0 Å². The van der Waals surface area contributed by atoms with Gasteiger partial charge >= 0.3 is 12.2 Å². The lowest BCUT2D eigenvalue weighted by Crippen LogP contribution is -2.32. The van der Waals surface area contributed by atoms with Gasteiger partial charge in [-0.3, -0.25) is 10.1 Å². The van der Waals surface area contributed by atoms with Crippen LogP contribution in [0.15, 0.2) is 36.9 Å². The van der Waals surface area contributed by atoms with Gasteiger partial charge in [0.25, 0.3) is 5.69 Å². The molecule has 27 heavy (non-hydrogen) atoms. The SMILES string of the molecule is C=CCNc1nc(Nc2cccc([N+](=O)[O-])c2)nc(OC(C)C(F)(F)F)n1. The summed E-state index contributed by atoms with van der Waals surface area (Å²) >= 11 is 0. The van der Waals surface area contributed by atoms with E-state index in [0.29, 0.717) is 0 Å². The minimum atomic E-state index is -4.60. The number of anilines is 3. The number of nitro groups is 1. The molecule has 0 spiro atoms. The maximum absolute atomic E-state index is 12.7. The molecule has 12 heteroatoms. The number of rotatable bonds is 8. The summed E-state index contributed by atoms with van der Waals surface area (Å²) in [4.78, 5) is 21.8. The Morgan fingerprint density at radius 3 is 2.67 bits per heavy atom. The molecule has 0 fully saturated rings. The van der Waals surface area contributed by atoms with Gasteiger partial charge in [0.05, 0.1) is 4.92 Å². The standard InChI is InChI=1S/C15H15F3N6O3/c1-3-7-19-12-21-13(20-10-5-4-6-11(8-10)24(25)26)23-14(22-12)27-9(2)15(16,17)18/h3-6,8-9H,1,7H2,2H3,(H2,19,20,21,22,23). The zero-order valence-electron chi connectivity index (χ0n) is 14.0. The maximum atomic E-state index is 12.7. The number of hydrogen-bond donors (Lipinski definition) is 2. The molecule has 0 aliphatic rings. The van der Waals surface area contributed by atoms with Crippen LogP contribution in [0.3, 0.4) is 0 Å². The van der Waals surface area contributed by atoms with E-state index < -0.39 is 23.2 Å². The van der Waals surface area contributed by atoms with Crippen LogP contribution in [0, 0.1) is 10.1 Å². The van der Waals surface area contributed by atoms with Crippen LogP contribution < -0.4 is 15.4 Å². The monoisotopic (exact) mass is 384 g/mol. The number of benzene rings is 1. The van der Waals surface area contributed by atoms with Gasteiger partial charge in [-0.15, -0.1) is 6.58 Å². The molecule has 1 aromatic heterocycles. The number of ether oxygens (including phenoxy) is 1. The molecular formula is C15H15F3N6O3. The Kier molecular flexibility index (Phi) is 6.11. The lowest BCUT2D eigenvalue weighted by Gasteiger charge is -2.17. The fraction of sp³-hybridized carbons (Fsp3) is 0.267. The van der Waals surface area contributed by atoms with Crippen molar-refractivity contribution in [2.75, 3.05) is 17.2 Å². The molecule has 0 saturated carbocycles. The first-order valence-electron chi connectivity index (χ1n) is 7.54. The smallest absolute Gasteiger partial charge is 0.425 e. The first-order valence-corrected chi connectivity index (χ1v) is 7.54. The molecule has 0 radical (unpaired) electrons. The average Bonchev–Trinajstić information content (AvgIpc) is 2.59. The lowest BCUT2D eigenvalue weighted by molar-refractivity contribution is -0.384. The normalized spacial score (nSPS) is 12.1. The predicted molar refractivity (Wildman–Crippen MR) is 91.0 cm³/mol. The minimum Gasteiger partial charge on any atom is -0.451 e. The number of nitro benzene ring substituents is 1. The van der Waals surface area contributed by atoms with Crippen molar-refractivity contribution in [3.05, 3.63) is 47.0 Å². The van der Waals surface area contributed by atoms with E-state index in [-0.39, 0.29) is 29.8 Å². The third-order valence-electron chi connectivity index (χ3n) is 3.08. The van der Waals surface area contributed by atoms with Crippen LogP contribution in [0.1, 0.15) is 6.92 Å². The summed E-state index contributed by atoms with van der Waals surface area (Å²) in [7, 11) is 0. The largest absolute Gasteiger partial charge is 0.451 e. The number of hydrogen-bond acceptors (Lipinski definition) is 8. The van der Waals surface area contributed by atoms with Gasteiger partial charge in [0.2, 0.25) is 11.9 Å². The highest BCUT2D eigenvalue weighted by atomic mass is 19.4. The summed E-state index contributed by atoms with van der Waals surface area (Å²) in [5, 5.41) is 16.2. The van der Waals surface area contributed by atoms with Crippen molar-refractivity contribution in [2.45, 2.75) is 19.2 Å². The highest BCUT2D eigenvalue weighted by Gasteiger charge is 2.38. The number of nitrogens with zero attached hydrogens (tertiary/aromatic N) is 4. The molecule has 0 saturated heterocycles. The van der Waals surface area contributed by atoms with Gasteiger partial charge in [0.1, 0.15) is 0 Å². The second kappa shape index (κ2) is 8.29. The second-order valence-electron chi connectivity index (χ2n) is 5.17. The van der Waals surface area contributed by atoms with E-state index in [9.17, 15) is 23.3 Å². The molecule has 0 amide bonds. The second-order valence-corrected chi connectivity index (χ2v) is 5.17. The van der Waals surface area contributed by atoms with E-state index in [0.717, 1.165) is 6.92 Å². The Bertz CT molecular complexity index is 831. The zero-order chi connectivity index (χ0) is 20.0. The number of non-ortho nitro benzene ring substituents is 1. The quantitative estimate of drug-likeness (QED) is 0.404. The van der Waals surface area contributed by atoms with Crippen molar-refractivity contribution in [3.8, 4) is 6.01 Å². The Morgan fingerprint density at radius 1 is 1.33 bits per heavy atom. The van der Waals surface area contributed by atoms with Crippen molar-refractivity contribution < 1.29 is 22.8 Å². The average molecular weight is 384 g/mol. The molecule has 0 aliphatic heterocycles. The lowest BCUT2D eigenvalue weighted by atomic mass is 10.3. The molecule has 2 N–H and O–H groups in total. The molecular weight excluding hydrogens is 369 g/mol. The van der Waals surface area contributed by atoms with Crippen molar-refractivity contribution in [2.24, 2.45) is 0 Å².